The van der Waals surface area contributed by atoms with Crippen LogP contribution in [0.2, 0.25) is 0 Å². The molecule has 0 unspecified atom stereocenters. The van der Waals surface area contributed by atoms with Gasteiger partial charge in [-0.2, -0.15) is 13.2 Å². The maximum absolute atomic E-state index is 13.0. The third-order valence-electron chi connectivity index (χ3n) is 5.53. The SMILES string of the molecule is COc1cc(NC(=O)C2CCCC2)c(C(=O)NCc2ccc(OCC(F)(F)F)cc2)cc1OC. The summed E-state index contributed by atoms with van der Waals surface area (Å²) in [6.45, 7) is -1.26. The van der Waals surface area contributed by atoms with E-state index in [-0.39, 0.29) is 29.7 Å². The second kappa shape index (κ2) is 11.1. The third-order valence-corrected chi connectivity index (χ3v) is 5.53. The molecular formula is C24H27F3N2O5. The number of anilines is 1. The molecular weight excluding hydrogens is 453 g/mol. The van der Waals surface area contributed by atoms with Gasteiger partial charge < -0.3 is 24.8 Å². The van der Waals surface area contributed by atoms with Crippen LogP contribution < -0.4 is 24.8 Å². The van der Waals surface area contributed by atoms with E-state index in [1.165, 1.54) is 32.4 Å². The van der Waals surface area contributed by atoms with Crippen molar-refractivity contribution in [3.63, 3.8) is 0 Å². The van der Waals surface area contributed by atoms with E-state index in [1.807, 2.05) is 0 Å². The Morgan fingerprint density at radius 1 is 1.00 bits per heavy atom. The van der Waals surface area contributed by atoms with Crippen LogP contribution in [0.1, 0.15) is 41.6 Å². The van der Waals surface area contributed by atoms with Crippen molar-refractivity contribution >= 4 is 17.5 Å². The minimum absolute atomic E-state index is 0.0733. The predicted molar refractivity (Wildman–Crippen MR) is 119 cm³/mol. The first-order valence-electron chi connectivity index (χ1n) is 10.8. The van der Waals surface area contributed by atoms with Crippen molar-refractivity contribution in [2.75, 3.05) is 26.1 Å². The number of nitrogens with one attached hydrogen (secondary N) is 2. The molecule has 184 valence electrons. The summed E-state index contributed by atoms with van der Waals surface area (Å²) in [6.07, 6.45) is -0.807. The van der Waals surface area contributed by atoms with Gasteiger partial charge in [0, 0.05) is 18.5 Å². The average Bonchev–Trinajstić information content (AvgIpc) is 3.36. The van der Waals surface area contributed by atoms with Crippen molar-refractivity contribution in [1.29, 1.82) is 0 Å². The Labute approximate surface area is 195 Å². The fourth-order valence-corrected chi connectivity index (χ4v) is 3.74. The van der Waals surface area contributed by atoms with Gasteiger partial charge in [-0.3, -0.25) is 9.59 Å². The average molecular weight is 480 g/mol. The number of carbonyl (C=O) groups excluding carboxylic acids is 2. The van der Waals surface area contributed by atoms with Crippen molar-refractivity contribution in [2.24, 2.45) is 5.92 Å². The van der Waals surface area contributed by atoms with Gasteiger partial charge in [0.2, 0.25) is 5.91 Å². The van der Waals surface area contributed by atoms with E-state index in [2.05, 4.69) is 15.4 Å². The zero-order chi connectivity index (χ0) is 24.7. The maximum Gasteiger partial charge on any atom is 0.422 e. The van der Waals surface area contributed by atoms with E-state index in [0.29, 0.717) is 22.7 Å². The van der Waals surface area contributed by atoms with Crippen LogP contribution in [-0.2, 0) is 11.3 Å². The number of hydrogen-bond acceptors (Lipinski definition) is 5. The molecule has 1 saturated carbocycles. The number of hydrogen-bond donors (Lipinski definition) is 2. The van der Waals surface area contributed by atoms with Gasteiger partial charge in [0.1, 0.15) is 5.75 Å². The van der Waals surface area contributed by atoms with Crippen LogP contribution >= 0.6 is 0 Å². The van der Waals surface area contributed by atoms with E-state index >= 15 is 0 Å². The molecule has 7 nitrogen and oxygen atoms in total. The summed E-state index contributed by atoms with van der Waals surface area (Å²) < 4.78 is 52.1. The minimum atomic E-state index is -4.42. The van der Waals surface area contributed by atoms with Gasteiger partial charge in [-0.05, 0) is 36.6 Å². The fraction of sp³-hybridized carbons (Fsp3) is 0.417. The highest BCUT2D eigenvalue weighted by Gasteiger charge is 2.28. The van der Waals surface area contributed by atoms with Crippen molar-refractivity contribution in [3.8, 4) is 17.2 Å². The van der Waals surface area contributed by atoms with E-state index in [1.54, 1.807) is 18.2 Å². The summed E-state index contributed by atoms with van der Waals surface area (Å²) in [4.78, 5) is 25.7. The normalized spacial score (nSPS) is 13.9. The lowest BCUT2D eigenvalue weighted by Gasteiger charge is -2.17. The van der Waals surface area contributed by atoms with Gasteiger partial charge >= 0.3 is 6.18 Å². The van der Waals surface area contributed by atoms with Crippen molar-refractivity contribution in [1.82, 2.24) is 5.32 Å². The lowest BCUT2D eigenvalue weighted by Crippen LogP contribution is -2.26. The lowest BCUT2D eigenvalue weighted by molar-refractivity contribution is -0.153. The first-order valence-corrected chi connectivity index (χ1v) is 10.8. The smallest absolute Gasteiger partial charge is 0.422 e. The number of ether oxygens (including phenoxy) is 3. The molecule has 1 aliphatic rings. The molecule has 0 heterocycles. The Morgan fingerprint density at radius 3 is 2.21 bits per heavy atom. The number of carbonyl (C=O) groups is 2. The van der Waals surface area contributed by atoms with Crippen LogP contribution in [0.3, 0.4) is 0 Å². The summed E-state index contributed by atoms with van der Waals surface area (Å²) in [5, 5.41) is 5.60. The summed E-state index contributed by atoms with van der Waals surface area (Å²) in [5.74, 6) is 0.0764. The number of benzene rings is 2. The highest BCUT2D eigenvalue weighted by atomic mass is 19.4. The van der Waals surface area contributed by atoms with Crippen molar-refractivity contribution < 1.29 is 37.0 Å². The summed E-state index contributed by atoms with van der Waals surface area (Å²) in [6, 6.07) is 8.96. The third kappa shape index (κ3) is 6.79. The van der Waals surface area contributed by atoms with Crippen LogP contribution in [-0.4, -0.2) is 38.8 Å². The molecule has 2 amide bonds. The monoisotopic (exact) mass is 480 g/mol. The lowest BCUT2D eigenvalue weighted by atomic mass is 10.1. The molecule has 0 bridgehead atoms. The van der Waals surface area contributed by atoms with Crippen LogP contribution in [0, 0.1) is 5.92 Å². The first kappa shape index (κ1) is 25.2. The molecule has 2 N–H and O–H groups in total. The molecule has 0 atom stereocenters. The Morgan fingerprint density at radius 2 is 1.62 bits per heavy atom. The zero-order valence-corrected chi connectivity index (χ0v) is 19.0. The second-order valence-corrected chi connectivity index (χ2v) is 7.95. The molecule has 0 saturated heterocycles. The molecule has 34 heavy (non-hydrogen) atoms. The first-order chi connectivity index (χ1) is 16.2. The highest BCUT2D eigenvalue weighted by molar-refractivity contribution is 6.05. The highest BCUT2D eigenvalue weighted by Crippen LogP contribution is 2.34. The van der Waals surface area contributed by atoms with E-state index in [0.717, 1.165) is 25.7 Å². The van der Waals surface area contributed by atoms with Gasteiger partial charge in [-0.25, -0.2) is 0 Å². The van der Waals surface area contributed by atoms with E-state index in [4.69, 9.17) is 9.47 Å². The van der Waals surface area contributed by atoms with Crippen molar-refractivity contribution in [3.05, 3.63) is 47.5 Å². The molecule has 1 aliphatic carbocycles. The van der Waals surface area contributed by atoms with Gasteiger partial charge in [0.15, 0.2) is 18.1 Å². The molecule has 1 fully saturated rings. The zero-order valence-electron chi connectivity index (χ0n) is 19.0. The van der Waals surface area contributed by atoms with E-state index < -0.39 is 18.7 Å². The van der Waals surface area contributed by atoms with Gasteiger partial charge in [0.25, 0.3) is 5.91 Å². The molecule has 2 aromatic rings. The number of alkyl halides is 3. The maximum atomic E-state index is 13.0. The Kier molecular flexibility index (Phi) is 8.25. The molecule has 0 aromatic heterocycles. The predicted octanol–water partition coefficient (Wildman–Crippen LogP) is 4.70. The Bertz CT molecular complexity index is 1000. The molecule has 0 spiro atoms. The Hall–Kier alpha value is -3.43. The van der Waals surface area contributed by atoms with Crippen LogP contribution in [0.25, 0.3) is 0 Å². The van der Waals surface area contributed by atoms with Crippen LogP contribution in [0.5, 0.6) is 17.2 Å². The second-order valence-electron chi connectivity index (χ2n) is 7.95. The Balaban J connectivity index is 1.71. The molecule has 10 heteroatoms. The summed E-state index contributed by atoms with van der Waals surface area (Å²) in [7, 11) is 2.90. The quantitative estimate of drug-likeness (QED) is 0.543. The number of methoxy groups -OCH3 is 2. The van der Waals surface area contributed by atoms with Gasteiger partial charge in [-0.1, -0.05) is 25.0 Å². The van der Waals surface area contributed by atoms with E-state index in [9.17, 15) is 22.8 Å². The standard InChI is InChI=1S/C24H27F3N2O5/c1-32-20-11-18(19(12-21(20)33-2)29-22(30)16-5-3-4-6-16)23(31)28-13-15-7-9-17(10-8-15)34-14-24(25,26)27/h7-12,16H,3-6,13-14H2,1-2H3,(H,28,31)(H,29,30). The number of amides is 2. The summed E-state index contributed by atoms with van der Waals surface area (Å²) in [5.41, 5.74) is 1.17. The molecule has 2 aromatic carbocycles. The van der Waals surface area contributed by atoms with Gasteiger partial charge in [0.05, 0.1) is 25.5 Å². The van der Waals surface area contributed by atoms with Crippen LogP contribution in [0.4, 0.5) is 18.9 Å². The molecule has 0 radical (unpaired) electrons. The molecule has 3 rings (SSSR count). The fourth-order valence-electron chi connectivity index (χ4n) is 3.74. The number of rotatable bonds is 9. The minimum Gasteiger partial charge on any atom is -0.493 e. The van der Waals surface area contributed by atoms with Crippen molar-refractivity contribution in [2.45, 2.75) is 38.4 Å². The topological polar surface area (TPSA) is 85.9 Å². The number of halogens is 3. The molecule has 0 aliphatic heterocycles. The van der Waals surface area contributed by atoms with Gasteiger partial charge in [-0.15, -0.1) is 0 Å². The van der Waals surface area contributed by atoms with Crippen LogP contribution in [0.15, 0.2) is 36.4 Å². The summed E-state index contributed by atoms with van der Waals surface area (Å²) >= 11 is 0. The largest absolute Gasteiger partial charge is 0.493 e.